The molecule has 0 fully saturated rings. The van der Waals surface area contributed by atoms with Gasteiger partial charge in [0.15, 0.2) is 11.5 Å². The second-order valence-electron chi connectivity index (χ2n) is 3.53. The molecule has 1 aliphatic rings. The van der Waals surface area contributed by atoms with Gasteiger partial charge in [0.05, 0.1) is 0 Å². The Morgan fingerprint density at radius 3 is 2.82 bits per heavy atom. The van der Waals surface area contributed by atoms with Crippen molar-refractivity contribution in [3.63, 3.8) is 0 Å². The molecule has 1 heterocycles. The summed E-state index contributed by atoms with van der Waals surface area (Å²) in [6.45, 7) is 0.465. The average molecular weight is 237 g/mol. The molecule has 0 atom stereocenters. The van der Waals surface area contributed by atoms with E-state index in [1.54, 1.807) is 18.2 Å². The number of carbonyl (C=O) groups excluding carboxylic acids is 1. The lowest BCUT2D eigenvalue weighted by molar-refractivity contribution is -0.140. The Morgan fingerprint density at radius 2 is 2.06 bits per heavy atom. The predicted octanol–water partition coefficient (Wildman–Crippen LogP) is 0.506. The summed E-state index contributed by atoms with van der Waals surface area (Å²) in [4.78, 5) is 21.4. The Hall–Kier alpha value is -2.24. The third kappa shape index (κ3) is 2.87. The summed E-state index contributed by atoms with van der Waals surface area (Å²) in [5.74, 6) is -0.357. The van der Waals surface area contributed by atoms with Crippen molar-refractivity contribution in [2.24, 2.45) is 0 Å². The number of carboxylic acid groups (broad SMARTS) is 1. The first-order valence-corrected chi connectivity index (χ1v) is 5.02. The van der Waals surface area contributed by atoms with E-state index in [0.717, 1.165) is 5.56 Å². The third-order valence-electron chi connectivity index (χ3n) is 2.24. The Bertz CT molecular complexity index is 457. The molecule has 0 radical (unpaired) electrons. The first-order valence-electron chi connectivity index (χ1n) is 5.02. The molecule has 6 heteroatoms. The monoisotopic (exact) mass is 237 g/mol. The predicted molar refractivity (Wildman–Crippen MR) is 56.7 cm³/mol. The van der Waals surface area contributed by atoms with Gasteiger partial charge < -0.3 is 19.9 Å². The molecule has 2 rings (SSSR count). The summed E-state index contributed by atoms with van der Waals surface area (Å²) in [5.41, 5.74) is 0.827. The molecule has 6 nitrogen and oxygen atoms in total. The molecule has 0 aromatic heterocycles. The Balaban J connectivity index is 1.91. The molecule has 90 valence electrons. The average Bonchev–Trinajstić information content (AvgIpc) is 2.72. The van der Waals surface area contributed by atoms with Crippen molar-refractivity contribution in [3.8, 4) is 11.5 Å². The summed E-state index contributed by atoms with van der Waals surface area (Å²) in [5, 5.41) is 10.9. The zero-order valence-corrected chi connectivity index (χ0v) is 8.93. The molecule has 0 spiro atoms. The van der Waals surface area contributed by atoms with E-state index in [0.29, 0.717) is 11.5 Å². The zero-order valence-electron chi connectivity index (χ0n) is 8.93. The van der Waals surface area contributed by atoms with Gasteiger partial charge in [0, 0.05) is 6.54 Å². The van der Waals surface area contributed by atoms with E-state index >= 15 is 0 Å². The van der Waals surface area contributed by atoms with Crippen LogP contribution in [-0.2, 0) is 16.1 Å². The van der Waals surface area contributed by atoms with E-state index in [9.17, 15) is 9.59 Å². The fourth-order valence-corrected chi connectivity index (χ4v) is 1.45. The second kappa shape index (κ2) is 4.73. The van der Waals surface area contributed by atoms with Crippen LogP contribution in [0.5, 0.6) is 11.5 Å². The summed E-state index contributed by atoms with van der Waals surface area (Å²) in [7, 11) is 0. The van der Waals surface area contributed by atoms with Crippen molar-refractivity contribution in [1.82, 2.24) is 5.32 Å². The molecule has 17 heavy (non-hydrogen) atoms. The minimum Gasteiger partial charge on any atom is -0.481 e. The number of aliphatic carboxylic acids is 1. The van der Waals surface area contributed by atoms with Gasteiger partial charge >= 0.3 is 5.97 Å². The summed E-state index contributed by atoms with van der Waals surface area (Å²) < 4.78 is 10.3. The number of carboxylic acids is 1. The molecule has 0 saturated heterocycles. The minimum absolute atomic E-state index is 0.199. The van der Waals surface area contributed by atoms with Crippen molar-refractivity contribution < 1.29 is 24.2 Å². The van der Waals surface area contributed by atoms with Crippen LogP contribution in [0.15, 0.2) is 18.2 Å². The topological polar surface area (TPSA) is 84.9 Å². The molecular weight excluding hydrogens is 226 g/mol. The minimum atomic E-state index is -1.15. The smallest absolute Gasteiger partial charge is 0.312 e. The van der Waals surface area contributed by atoms with Gasteiger partial charge in [0.2, 0.25) is 12.7 Å². The maximum absolute atomic E-state index is 11.1. The number of rotatable bonds is 4. The Morgan fingerprint density at radius 1 is 1.29 bits per heavy atom. The largest absolute Gasteiger partial charge is 0.481 e. The molecule has 0 aliphatic carbocycles. The Kier molecular flexibility index (Phi) is 3.13. The number of ether oxygens (including phenoxy) is 2. The normalized spacial score (nSPS) is 12.2. The van der Waals surface area contributed by atoms with Gasteiger partial charge in [-0.1, -0.05) is 6.07 Å². The van der Waals surface area contributed by atoms with Crippen molar-refractivity contribution >= 4 is 11.9 Å². The summed E-state index contributed by atoms with van der Waals surface area (Å²) in [6.07, 6.45) is -0.523. The quantitative estimate of drug-likeness (QED) is 0.745. The van der Waals surface area contributed by atoms with Crippen molar-refractivity contribution in [2.45, 2.75) is 13.0 Å². The second-order valence-corrected chi connectivity index (χ2v) is 3.53. The molecule has 1 aromatic rings. The van der Waals surface area contributed by atoms with E-state index in [4.69, 9.17) is 14.6 Å². The van der Waals surface area contributed by atoms with Crippen molar-refractivity contribution in [3.05, 3.63) is 23.8 Å². The van der Waals surface area contributed by atoms with Gasteiger partial charge in [-0.2, -0.15) is 0 Å². The van der Waals surface area contributed by atoms with E-state index in [2.05, 4.69) is 5.32 Å². The number of hydrogen-bond acceptors (Lipinski definition) is 4. The van der Waals surface area contributed by atoms with Crippen LogP contribution >= 0.6 is 0 Å². The van der Waals surface area contributed by atoms with Crippen LogP contribution in [0.25, 0.3) is 0 Å². The first-order chi connectivity index (χ1) is 8.15. The van der Waals surface area contributed by atoms with Crippen LogP contribution in [0.2, 0.25) is 0 Å². The van der Waals surface area contributed by atoms with Crippen LogP contribution < -0.4 is 14.8 Å². The fraction of sp³-hybridized carbons (Fsp3) is 0.273. The highest BCUT2D eigenvalue weighted by atomic mass is 16.7. The van der Waals surface area contributed by atoms with E-state index in [1.165, 1.54) is 0 Å². The van der Waals surface area contributed by atoms with Gasteiger partial charge in [0.25, 0.3) is 0 Å². The molecule has 0 bridgehead atoms. The van der Waals surface area contributed by atoms with Crippen LogP contribution in [0, 0.1) is 0 Å². The number of carbonyl (C=O) groups is 2. The first kappa shape index (κ1) is 11.3. The van der Waals surface area contributed by atoms with Gasteiger partial charge in [-0.05, 0) is 17.7 Å². The summed E-state index contributed by atoms with van der Waals surface area (Å²) >= 11 is 0. The lowest BCUT2D eigenvalue weighted by Gasteiger charge is -2.04. The third-order valence-corrected chi connectivity index (χ3v) is 2.24. The molecule has 0 saturated carbocycles. The van der Waals surface area contributed by atoms with Gasteiger partial charge in [-0.3, -0.25) is 9.59 Å². The molecule has 0 unspecified atom stereocenters. The van der Waals surface area contributed by atoms with Crippen LogP contribution in [0.1, 0.15) is 12.0 Å². The number of nitrogens with one attached hydrogen (secondary N) is 1. The number of fused-ring (bicyclic) bond motifs is 1. The number of hydrogen-bond donors (Lipinski definition) is 2. The van der Waals surface area contributed by atoms with E-state index in [1.807, 2.05) is 0 Å². The standard InChI is InChI=1S/C11H11NO5/c13-10(4-11(14)15)12-5-7-1-2-8-9(3-7)17-6-16-8/h1-3H,4-6H2,(H,12,13)(H,14,15). The Labute approximate surface area is 97.1 Å². The van der Waals surface area contributed by atoms with E-state index in [-0.39, 0.29) is 13.3 Å². The van der Waals surface area contributed by atoms with Crippen molar-refractivity contribution in [2.75, 3.05) is 6.79 Å². The summed E-state index contributed by atoms with van der Waals surface area (Å²) in [6, 6.07) is 5.29. The number of benzene rings is 1. The molecule has 1 aliphatic heterocycles. The zero-order chi connectivity index (χ0) is 12.3. The number of amides is 1. The highest BCUT2D eigenvalue weighted by molar-refractivity contribution is 5.93. The van der Waals surface area contributed by atoms with Crippen LogP contribution in [0.4, 0.5) is 0 Å². The lowest BCUT2D eigenvalue weighted by atomic mass is 10.2. The molecule has 1 amide bonds. The van der Waals surface area contributed by atoms with Crippen LogP contribution in [-0.4, -0.2) is 23.8 Å². The van der Waals surface area contributed by atoms with Crippen LogP contribution in [0.3, 0.4) is 0 Å². The van der Waals surface area contributed by atoms with E-state index < -0.39 is 18.3 Å². The maximum Gasteiger partial charge on any atom is 0.312 e. The molecule has 2 N–H and O–H groups in total. The van der Waals surface area contributed by atoms with Gasteiger partial charge in [-0.15, -0.1) is 0 Å². The highest BCUT2D eigenvalue weighted by Crippen LogP contribution is 2.32. The fourth-order valence-electron chi connectivity index (χ4n) is 1.45. The van der Waals surface area contributed by atoms with Gasteiger partial charge in [0.1, 0.15) is 6.42 Å². The molecular formula is C11H11NO5. The highest BCUT2D eigenvalue weighted by Gasteiger charge is 2.13. The van der Waals surface area contributed by atoms with Gasteiger partial charge in [-0.25, -0.2) is 0 Å². The SMILES string of the molecule is O=C(O)CC(=O)NCc1ccc2c(c1)OCO2. The van der Waals surface area contributed by atoms with Crippen molar-refractivity contribution in [1.29, 1.82) is 0 Å². The lowest BCUT2D eigenvalue weighted by Crippen LogP contribution is -2.24. The maximum atomic E-state index is 11.1. The molecule has 1 aromatic carbocycles.